The lowest BCUT2D eigenvalue weighted by Gasteiger charge is -2.10. The van der Waals surface area contributed by atoms with Crippen LogP contribution in [0.15, 0.2) is 69.9 Å². The summed E-state index contributed by atoms with van der Waals surface area (Å²) in [4.78, 5) is 47.8. The molecule has 0 atom stereocenters. The van der Waals surface area contributed by atoms with Crippen molar-refractivity contribution in [3.8, 4) is 0 Å². The second kappa shape index (κ2) is 8.49. The van der Waals surface area contributed by atoms with E-state index in [1.807, 2.05) is 5.32 Å². The molecule has 0 saturated carbocycles. The third-order valence-electron chi connectivity index (χ3n) is 3.47. The fraction of sp³-hybridized carbons (Fsp3) is 0.0526. The van der Waals surface area contributed by atoms with Gasteiger partial charge in [-0.05, 0) is 36.4 Å². The molecule has 0 aliphatic heterocycles. The summed E-state index contributed by atoms with van der Waals surface area (Å²) in [5.74, 6) is -2.96. The van der Waals surface area contributed by atoms with E-state index in [1.54, 1.807) is 18.2 Å². The zero-order chi connectivity index (χ0) is 19.9. The largest absolute Gasteiger partial charge is 0.459 e. The number of carbonyl (C=O) groups excluding carboxylic acids is 4. The molecule has 0 radical (unpaired) electrons. The van der Waals surface area contributed by atoms with Gasteiger partial charge in [-0.15, -0.1) is 0 Å². The summed E-state index contributed by atoms with van der Waals surface area (Å²) >= 11 is 0. The molecule has 0 aliphatic rings. The van der Waals surface area contributed by atoms with Gasteiger partial charge in [0.25, 0.3) is 17.7 Å². The van der Waals surface area contributed by atoms with Gasteiger partial charge in [0, 0.05) is 0 Å². The van der Waals surface area contributed by atoms with Crippen LogP contribution in [0.2, 0.25) is 0 Å². The molecular weight excluding hydrogens is 368 g/mol. The predicted molar refractivity (Wildman–Crippen MR) is 94.6 cm³/mol. The molecule has 0 unspecified atom stereocenters. The maximum Gasteiger partial charge on any atom is 0.340 e. The first-order chi connectivity index (χ1) is 13.5. The smallest absolute Gasteiger partial charge is 0.340 e. The lowest BCUT2D eigenvalue weighted by Crippen LogP contribution is -2.34. The van der Waals surface area contributed by atoms with Gasteiger partial charge in [-0.25, -0.2) is 4.79 Å². The molecule has 0 aliphatic carbocycles. The Balaban J connectivity index is 1.59. The number of anilines is 1. The molecule has 2 aromatic heterocycles. The van der Waals surface area contributed by atoms with Gasteiger partial charge in [0.2, 0.25) is 0 Å². The topological polar surface area (TPSA) is 128 Å². The van der Waals surface area contributed by atoms with Crippen LogP contribution in [0.5, 0.6) is 0 Å². The van der Waals surface area contributed by atoms with Gasteiger partial charge in [-0.2, -0.15) is 0 Å². The highest BCUT2D eigenvalue weighted by atomic mass is 16.5. The summed E-state index contributed by atoms with van der Waals surface area (Å²) in [6, 6.07) is 12.0. The molecule has 3 aromatic rings. The van der Waals surface area contributed by atoms with Crippen molar-refractivity contribution in [2.24, 2.45) is 0 Å². The Kier molecular flexibility index (Phi) is 5.66. The monoisotopic (exact) mass is 382 g/mol. The number of furan rings is 2. The highest BCUT2D eigenvalue weighted by Crippen LogP contribution is 2.17. The lowest BCUT2D eigenvalue weighted by atomic mass is 10.1. The van der Waals surface area contributed by atoms with Gasteiger partial charge < -0.3 is 18.9 Å². The van der Waals surface area contributed by atoms with Crippen LogP contribution in [-0.4, -0.2) is 30.3 Å². The van der Waals surface area contributed by atoms with Crippen molar-refractivity contribution in [1.29, 1.82) is 0 Å². The van der Waals surface area contributed by atoms with Crippen molar-refractivity contribution >= 4 is 29.4 Å². The fourth-order valence-corrected chi connectivity index (χ4v) is 2.20. The van der Waals surface area contributed by atoms with E-state index in [4.69, 9.17) is 13.6 Å². The quantitative estimate of drug-likeness (QED) is 0.626. The van der Waals surface area contributed by atoms with Crippen LogP contribution in [0.4, 0.5) is 5.69 Å². The molecular formula is C19H14N2O7. The summed E-state index contributed by atoms with van der Waals surface area (Å²) in [7, 11) is 0. The molecule has 0 spiro atoms. The minimum Gasteiger partial charge on any atom is -0.459 e. The van der Waals surface area contributed by atoms with E-state index >= 15 is 0 Å². The summed E-state index contributed by atoms with van der Waals surface area (Å²) in [5, 5.41) is 4.56. The number of hydrogen-bond donors (Lipinski definition) is 2. The molecule has 9 nitrogen and oxygen atoms in total. The molecule has 0 saturated heterocycles. The first-order valence-electron chi connectivity index (χ1n) is 8.03. The van der Waals surface area contributed by atoms with E-state index in [2.05, 4.69) is 5.32 Å². The lowest BCUT2D eigenvalue weighted by molar-refractivity contribution is -0.123. The van der Waals surface area contributed by atoms with Gasteiger partial charge in [-0.3, -0.25) is 19.7 Å². The normalized spacial score (nSPS) is 10.1. The zero-order valence-corrected chi connectivity index (χ0v) is 14.3. The minimum absolute atomic E-state index is 0.0348. The Bertz CT molecular complexity index is 991. The molecule has 142 valence electrons. The van der Waals surface area contributed by atoms with Crippen molar-refractivity contribution in [2.45, 2.75) is 0 Å². The first-order valence-corrected chi connectivity index (χ1v) is 8.03. The van der Waals surface area contributed by atoms with E-state index in [9.17, 15) is 19.2 Å². The Morgan fingerprint density at radius 2 is 1.46 bits per heavy atom. The van der Waals surface area contributed by atoms with Gasteiger partial charge in [-0.1, -0.05) is 12.1 Å². The molecule has 0 fully saturated rings. The van der Waals surface area contributed by atoms with E-state index < -0.39 is 30.3 Å². The number of ether oxygens (including phenoxy) is 1. The maximum atomic E-state index is 12.3. The molecule has 3 rings (SSSR count). The Hall–Kier alpha value is -4.14. The zero-order valence-electron chi connectivity index (χ0n) is 14.3. The van der Waals surface area contributed by atoms with Crippen molar-refractivity contribution in [3.63, 3.8) is 0 Å². The van der Waals surface area contributed by atoms with Gasteiger partial charge in [0.15, 0.2) is 18.1 Å². The number of rotatable bonds is 6. The average Bonchev–Trinajstić information content (AvgIpc) is 3.40. The van der Waals surface area contributed by atoms with Gasteiger partial charge in [0.1, 0.15) is 0 Å². The van der Waals surface area contributed by atoms with E-state index in [0.717, 1.165) is 0 Å². The molecule has 0 bridgehead atoms. The number of para-hydroxylation sites is 1. The van der Waals surface area contributed by atoms with E-state index in [1.165, 1.54) is 42.9 Å². The van der Waals surface area contributed by atoms with Crippen molar-refractivity contribution < 1.29 is 32.7 Å². The molecule has 2 heterocycles. The predicted octanol–water partition coefficient (Wildman–Crippen LogP) is 2.24. The second-order valence-electron chi connectivity index (χ2n) is 5.41. The summed E-state index contributed by atoms with van der Waals surface area (Å²) < 4.78 is 14.8. The van der Waals surface area contributed by atoms with Crippen LogP contribution in [0.3, 0.4) is 0 Å². The molecule has 1 aromatic carbocycles. The van der Waals surface area contributed by atoms with E-state index in [-0.39, 0.29) is 22.8 Å². The standard InChI is InChI=1S/C19H14N2O7/c22-16(21-18(24)15-8-4-10-27-15)11-28-19(25)12-5-1-2-6-13(12)20-17(23)14-7-3-9-26-14/h1-10H,11H2,(H,20,23)(H,21,22,24). The first kappa shape index (κ1) is 18.6. The molecule has 28 heavy (non-hydrogen) atoms. The summed E-state index contributed by atoms with van der Waals surface area (Å²) in [6.45, 7) is -0.689. The van der Waals surface area contributed by atoms with Crippen LogP contribution >= 0.6 is 0 Å². The van der Waals surface area contributed by atoms with Crippen LogP contribution in [0.1, 0.15) is 31.5 Å². The number of carbonyl (C=O) groups is 4. The van der Waals surface area contributed by atoms with Crippen LogP contribution < -0.4 is 10.6 Å². The van der Waals surface area contributed by atoms with E-state index in [0.29, 0.717) is 0 Å². The number of benzene rings is 1. The highest BCUT2D eigenvalue weighted by molar-refractivity contribution is 6.07. The second-order valence-corrected chi connectivity index (χ2v) is 5.41. The number of imide groups is 1. The number of nitrogens with one attached hydrogen (secondary N) is 2. The maximum absolute atomic E-state index is 12.3. The third-order valence-corrected chi connectivity index (χ3v) is 3.47. The van der Waals surface area contributed by atoms with Gasteiger partial charge >= 0.3 is 5.97 Å². The van der Waals surface area contributed by atoms with Crippen LogP contribution in [0.25, 0.3) is 0 Å². The third kappa shape index (κ3) is 4.52. The SMILES string of the molecule is O=C(COC(=O)c1ccccc1NC(=O)c1ccco1)NC(=O)c1ccco1. The van der Waals surface area contributed by atoms with Gasteiger partial charge in [0.05, 0.1) is 23.8 Å². The molecule has 2 N–H and O–H groups in total. The molecule has 3 amide bonds. The number of esters is 1. The minimum atomic E-state index is -0.851. The fourth-order valence-electron chi connectivity index (χ4n) is 2.20. The average molecular weight is 382 g/mol. The van der Waals surface area contributed by atoms with Crippen molar-refractivity contribution in [2.75, 3.05) is 11.9 Å². The van der Waals surface area contributed by atoms with Crippen LogP contribution in [0, 0.1) is 0 Å². The Morgan fingerprint density at radius 1 is 0.821 bits per heavy atom. The summed E-state index contributed by atoms with van der Waals surface area (Å²) in [5.41, 5.74) is 0.216. The number of amides is 3. The van der Waals surface area contributed by atoms with Crippen molar-refractivity contribution in [3.05, 3.63) is 78.1 Å². The highest BCUT2D eigenvalue weighted by Gasteiger charge is 2.19. The Labute approximate surface area is 158 Å². The summed E-state index contributed by atoms with van der Waals surface area (Å²) in [6.07, 6.45) is 2.63. The Morgan fingerprint density at radius 3 is 2.11 bits per heavy atom. The van der Waals surface area contributed by atoms with Crippen LogP contribution in [-0.2, 0) is 9.53 Å². The molecule has 9 heteroatoms. The number of hydrogen-bond acceptors (Lipinski definition) is 7. The van der Waals surface area contributed by atoms with Crippen molar-refractivity contribution in [1.82, 2.24) is 5.32 Å².